The summed E-state index contributed by atoms with van der Waals surface area (Å²) < 4.78 is 6.04. The SMILES string of the molecule is Cc1cccc(CNCC(C)C)c1OCCCC(C)C. The van der Waals surface area contributed by atoms with E-state index in [1.165, 1.54) is 17.5 Å². The van der Waals surface area contributed by atoms with Gasteiger partial charge in [0.1, 0.15) is 5.75 Å². The second-order valence-electron chi connectivity index (χ2n) is 6.47. The second kappa shape index (κ2) is 9.02. The smallest absolute Gasteiger partial charge is 0.126 e. The minimum Gasteiger partial charge on any atom is -0.493 e. The standard InChI is InChI=1S/C18H31NO/c1-14(2)8-7-11-20-18-16(5)9-6-10-17(18)13-19-12-15(3)4/h6,9-10,14-15,19H,7-8,11-13H2,1-5H3. The van der Waals surface area contributed by atoms with E-state index in [2.05, 4.69) is 58.1 Å². The molecule has 2 heteroatoms. The van der Waals surface area contributed by atoms with Crippen LogP contribution in [0.5, 0.6) is 5.75 Å². The van der Waals surface area contributed by atoms with Crippen LogP contribution < -0.4 is 10.1 Å². The highest BCUT2D eigenvalue weighted by Gasteiger charge is 2.07. The zero-order chi connectivity index (χ0) is 15.0. The van der Waals surface area contributed by atoms with Crippen molar-refractivity contribution >= 4 is 0 Å². The van der Waals surface area contributed by atoms with Gasteiger partial charge in [-0.1, -0.05) is 45.9 Å². The lowest BCUT2D eigenvalue weighted by atomic mass is 10.1. The topological polar surface area (TPSA) is 21.3 Å². The third-order valence-electron chi connectivity index (χ3n) is 3.33. The maximum atomic E-state index is 6.04. The molecule has 114 valence electrons. The van der Waals surface area contributed by atoms with Gasteiger partial charge < -0.3 is 10.1 Å². The first-order chi connectivity index (χ1) is 9.50. The van der Waals surface area contributed by atoms with E-state index in [1.807, 2.05) is 0 Å². The third kappa shape index (κ3) is 6.42. The lowest BCUT2D eigenvalue weighted by Crippen LogP contribution is -2.19. The highest BCUT2D eigenvalue weighted by atomic mass is 16.5. The molecule has 0 aliphatic heterocycles. The molecule has 0 aliphatic carbocycles. The van der Waals surface area contributed by atoms with Crippen molar-refractivity contribution in [2.24, 2.45) is 11.8 Å². The van der Waals surface area contributed by atoms with E-state index in [9.17, 15) is 0 Å². The molecule has 0 aliphatic rings. The van der Waals surface area contributed by atoms with Gasteiger partial charge in [-0.3, -0.25) is 0 Å². The molecular weight excluding hydrogens is 246 g/mol. The Morgan fingerprint density at radius 1 is 1.10 bits per heavy atom. The molecule has 20 heavy (non-hydrogen) atoms. The van der Waals surface area contributed by atoms with Gasteiger partial charge in [0.2, 0.25) is 0 Å². The summed E-state index contributed by atoms with van der Waals surface area (Å²) >= 11 is 0. The average molecular weight is 277 g/mol. The first-order valence-electron chi connectivity index (χ1n) is 7.92. The summed E-state index contributed by atoms with van der Waals surface area (Å²) in [4.78, 5) is 0. The number of hydrogen-bond donors (Lipinski definition) is 1. The minimum absolute atomic E-state index is 0.676. The Labute approximate surface area is 124 Å². The van der Waals surface area contributed by atoms with Crippen LogP contribution in [0.3, 0.4) is 0 Å². The molecule has 1 N–H and O–H groups in total. The van der Waals surface area contributed by atoms with Gasteiger partial charge in [0.15, 0.2) is 0 Å². The van der Waals surface area contributed by atoms with Gasteiger partial charge in [0.05, 0.1) is 6.61 Å². The summed E-state index contributed by atoms with van der Waals surface area (Å²) in [6.45, 7) is 13.9. The lowest BCUT2D eigenvalue weighted by molar-refractivity contribution is 0.292. The number of aryl methyl sites for hydroxylation is 1. The van der Waals surface area contributed by atoms with Crippen LogP contribution >= 0.6 is 0 Å². The Morgan fingerprint density at radius 2 is 1.85 bits per heavy atom. The largest absolute Gasteiger partial charge is 0.493 e. The molecule has 0 saturated heterocycles. The van der Waals surface area contributed by atoms with Crippen LogP contribution in [0, 0.1) is 18.8 Å². The van der Waals surface area contributed by atoms with E-state index in [0.717, 1.165) is 37.8 Å². The quantitative estimate of drug-likeness (QED) is 0.668. The fourth-order valence-electron chi connectivity index (χ4n) is 2.22. The van der Waals surface area contributed by atoms with E-state index in [0.29, 0.717) is 5.92 Å². The fraction of sp³-hybridized carbons (Fsp3) is 0.667. The summed E-state index contributed by atoms with van der Waals surface area (Å²) in [6.07, 6.45) is 2.36. The fourth-order valence-corrected chi connectivity index (χ4v) is 2.22. The van der Waals surface area contributed by atoms with E-state index in [-0.39, 0.29) is 0 Å². The number of hydrogen-bond acceptors (Lipinski definition) is 2. The summed E-state index contributed by atoms with van der Waals surface area (Å²) in [5.41, 5.74) is 2.51. The van der Waals surface area contributed by atoms with Crippen molar-refractivity contribution in [3.63, 3.8) is 0 Å². The van der Waals surface area contributed by atoms with Gasteiger partial charge >= 0.3 is 0 Å². The van der Waals surface area contributed by atoms with Crippen LogP contribution in [0.25, 0.3) is 0 Å². The van der Waals surface area contributed by atoms with Crippen LogP contribution in [0.2, 0.25) is 0 Å². The van der Waals surface area contributed by atoms with Crippen molar-refractivity contribution in [3.05, 3.63) is 29.3 Å². The zero-order valence-electron chi connectivity index (χ0n) is 13.8. The zero-order valence-corrected chi connectivity index (χ0v) is 13.8. The molecule has 0 radical (unpaired) electrons. The highest BCUT2D eigenvalue weighted by Crippen LogP contribution is 2.24. The number of rotatable bonds is 9. The highest BCUT2D eigenvalue weighted by molar-refractivity contribution is 5.40. The molecule has 1 rings (SSSR count). The van der Waals surface area contributed by atoms with Crippen LogP contribution in [-0.4, -0.2) is 13.2 Å². The molecule has 0 amide bonds. The van der Waals surface area contributed by atoms with Gasteiger partial charge in [-0.05, 0) is 43.7 Å². The van der Waals surface area contributed by atoms with Gasteiger partial charge in [-0.15, -0.1) is 0 Å². The molecule has 0 spiro atoms. The van der Waals surface area contributed by atoms with E-state index < -0.39 is 0 Å². The maximum absolute atomic E-state index is 6.04. The molecular formula is C18H31NO. The van der Waals surface area contributed by atoms with Crippen LogP contribution in [0.15, 0.2) is 18.2 Å². The Kier molecular flexibility index (Phi) is 7.68. The molecule has 1 aromatic carbocycles. The molecule has 0 unspecified atom stereocenters. The van der Waals surface area contributed by atoms with Gasteiger partial charge in [0, 0.05) is 12.1 Å². The average Bonchev–Trinajstić information content (AvgIpc) is 2.36. The van der Waals surface area contributed by atoms with Crippen LogP contribution in [0.1, 0.15) is 51.7 Å². The van der Waals surface area contributed by atoms with Crippen LogP contribution in [0.4, 0.5) is 0 Å². The summed E-state index contributed by atoms with van der Waals surface area (Å²) in [5, 5.41) is 3.50. The summed E-state index contributed by atoms with van der Waals surface area (Å²) in [7, 11) is 0. The first kappa shape index (κ1) is 17.0. The minimum atomic E-state index is 0.676. The molecule has 0 aromatic heterocycles. The lowest BCUT2D eigenvalue weighted by Gasteiger charge is -2.16. The predicted molar refractivity (Wildman–Crippen MR) is 87.3 cm³/mol. The molecule has 0 atom stereocenters. The van der Waals surface area contributed by atoms with Crippen LogP contribution in [-0.2, 0) is 6.54 Å². The van der Waals surface area contributed by atoms with Crippen molar-refractivity contribution in [1.82, 2.24) is 5.32 Å². The third-order valence-corrected chi connectivity index (χ3v) is 3.33. The molecule has 1 aromatic rings. The van der Waals surface area contributed by atoms with E-state index >= 15 is 0 Å². The number of nitrogens with one attached hydrogen (secondary N) is 1. The summed E-state index contributed by atoms with van der Waals surface area (Å²) in [6, 6.07) is 6.41. The first-order valence-corrected chi connectivity index (χ1v) is 7.92. The normalized spacial score (nSPS) is 11.3. The Balaban J connectivity index is 2.54. The Hall–Kier alpha value is -1.02. The molecule has 0 saturated carbocycles. The Bertz CT molecular complexity index is 385. The van der Waals surface area contributed by atoms with Crippen molar-refractivity contribution in [3.8, 4) is 5.75 Å². The maximum Gasteiger partial charge on any atom is 0.126 e. The van der Waals surface area contributed by atoms with Gasteiger partial charge in [-0.25, -0.2) is 0 Å². The predicted octanol–water partition coefficient (Wildman–Crippen LogP) is 4.56. The molecule has 0 fully saturated rings. The summed E-state index contributed by atoms with van der Waals surface area (Å²) in [5.74, 6) is 2.50. The number of para-hydroxylation sites is 1. The van der Waals surface area contributed by atoms with Crippen molar-refractivity contribution in [2.45, 2.75) is 54.0 Å². The number of ether oxygens (including phenoxy) is 1. The van der Waals surface area contributed by atoms with E-state index in [1.54, 1.807) is 0 Å². The second-order valence-corrected chi connectivity index (χ2v) is 6.47. The molecule has 0 bridgehead atoms. The Morgan fingerprint density at radius 3 is 2.50 bits per heavy atom. The van der Waals surface area contributed by atoms with Gasteiger partial charge in [-0.2, -0.15) is 0 Å². The number of benzene rings is 1. The van der Waals surface area contributed by atoms with Crippen molar-refractivity contribution < 1.29 is 4.74 Å². The van der Waals surface area contributed by atoms with E-state index in [4.69, 9.17) is 4.74 Å². The van der Waals surface area contributed by atoms with Crippen molar-refractivity contribution in [2.75, 3.05) is 13.2 Å². The molecule has 0 heterocycles. The van der Waals surface area contributed by atoms with Gasteiger partial charge in [0.25, 0.3) is 0 Å². The molecule has 2 nitrogen and oxygen atoms in total. The monoisotopic (exact) mass is 277 g/mol. The van der Waals surface area contributed by atoms with Crippen molar-refractivity contribution in [1.29, 1.82) is 0 Å².